The van der Waals surface area contributed by atoms with Crippen molar-refractivity contribution in [1.82, 2.24) is 10.6 Å². The quantitative estimate of drug-likeness (QED) is 0.732. The molecule has 1 aromatic rings. The summed E-state index contributed by atoms with van der Waals surface area (Å²) in [6.07, 6.45) is 7.80. The number of piperidine rings is 1. The van der Waals surface area contributed by atoms with Crippen molar-refractivity contribution in [3.8, 4) is 5.75 Å². The van der Waals surface area contributed by atoms with Gasteiger partial charge in [-0.1, -0.05) is 31.9 Å². The number of hydrogen-bond donors (Lipinski definition) is 2. The lowest BCUT2D eigenvalue weighted by Gasteiger charge is -2.31. The molecule has 0 spiro atoms. The lowest BCUT2D eigenvalue weighted by Crippen LogP contribution is -2.40. The average molecular weight is 395 g/mol. The van der Waals surface area contributed by atoms with Gasteiger partial charge < -0.3 is 15.4 Å². The van der Waals surface area contributed by atoms with E-state index in [0.717, 1.165) is 38.2 Å². The van der Waals surface area contributed by atoms with Crippen LogP contribution in [0.4, 0.5) is 0 Å². The van der Waals surface area contributed by atoms with Gasteiger partial charge >= 0.3 is 0 Å². The van der Waals surface area contributed by atoms with Crippen LogP contribution in [0.5, 0.6) is 5.75 Å². The van der Waals surface area contributed by atoms with Crippen molar-refractivity contribution in [2.45, 2.75) is 57.3 Å². The first-order chi connectivity index (χ1) is 12.6. The number of ether oxygens (including phenoxy) is 1. The summed E-state index contributed by atoms with van der Waals surface area (Å²) >= 11 is 0. The highest BCUT2D eigenvalue weighted by molar-refractivity contribution is 5.85. The van der Waals surface area contributed by atoms with Crippen molar-refractivity contribution in [1.29, 1.82) is 0 Å². The van der Waals surface area contributed by atoms with Crippen LogP contribution in [0.15, 0.2) is 24.3 Å². The molecule has 1 amide bonds. The van der Waals surface area contributed by atoms with Crippen LogP contribution in [-0.2, 0) is 10.2 Å². The molecule has 152 valence electrons. The van der Waals surface area contributed by atoms with Gasteiger partial charge in [0.15, 0.2) is 0 Å². The van der Waals surface area contributed by atoms with Gasteiger partial charge in [0.25, 0.3) is 0 Å². The highest BCUT2D eigenvalue weighted by Gasteiger charge is 2.36. The maximum atomic E-state index is 12.6. The summed E-state index contributed by atoms with van der Waals surface area (Å²) < 4.78 is 5.41. The van der Waals surface area contributed by atoms with Crippen LogP contribution in [0.2, 0.25) is 0 Å². The number of nitrogens with one attached hydrogen (secondary N) is 2. The number of carbonyl (C=O) groups is 1. The van der Waals surface area contributed by atoms with Crippen LogP contribution in [-0.4, -0.2) is 32.7 Å². The fraction of sp³-hybridized carbons (Fsp3) is 0.682. The molecule has 1 aliphatic heterocycles. The van der Waals surface area contributed by atoms with E-state index in [0.29, 0.717) is 18.3 Å². The summed E-state index contributed by atoms with van der Waals surface area (Å²) in [5.41, 5.74) is 1.38. The molecule has 3 rings (SSSR count). The highest BCUT2D eigenvalue weighted by Crippen LogP contribution is 2.41. The van der Waals surface area contributed by atoms with Crippen LogP contribution >= 0.6 is 12.4 Å². The van der Waals surface area contributed by atoms with Crippen LogP contribution in [0.25, 0.3) is 0 Å². The van der Waals surface area contributed by atoms with E-state index in [1.54, 1.807) is 7.11 Å². The molecule has 1 heterocycles. The van der Waals surface area contributed by atoms with E-state index < -0.39 is 0 Å². The summed E-state index contributed by atoms with van der Waals surface area (Å²) in [5.74, 6) is 2.26. The topological polar surface area (TPSA) is 50.4 Å². The Bertz CT molecular complexity index is 596. The van der Waals surface area contributed by atoms with E-state index in [-0.39, 0.29) is 23.7 Å². The van der Waals surface area contributed by atoms with E-state index in [1.165, 1.54) is 31.2 Å². The molecule has 2 fully saturated rings. The molecule has 2 N–H and O–H groups in total. The van der Waals surface area contributed by atoms with Crippen LogP contribution in [0.3, 0.4) is 0 Å². The maximum absolute atomic E-state index is 12.6. The molecule has 1 aromatic carbocycles. The van der Waals surface area contributed by atoms with Gasteiger partial charge in [-0.15, -0.1) is 12.4 Å². The molecule has 5 heteroatoms. The van der Waals surface area contributed by atoms with Crippen molar-refractivity contribution in [3.63, 3.8) is 0 Å². The van der Waals surface area contributed by atoms with Gasteiger partial charge in [0, 0.05) is 18.4 Å². The number of rotatable bonds is 7. The number of hydrogen-bond acceptors (Lipinski definition) is 3. The van der Waals surface area contributed by atoms with E-state index in [2.05, 4.69) is 35.8 Å². The third-order valence-electron chi connectivity index (χ3n) is 6.56. The van der Waals surface area contributed by atoms with Crippen molar-refractivity contribution < 1.29 is 9.53 Å². The van der Waals surface area contributed by atoms with Crippen LogP contribution in [0.1, 0.15) is 57.4 Å². The molecule has 4 nitrogen and oxygen atoms in total. The van der Waals surface area contributed by atoms with Crippen LogP contribution < -0.4 is 15.4 Å². The molecule has 0 aromatic heterocycles. The van der Waals surface area contributed by atoms with Gasteiger partial charge in [0.05, 0.1) is 7.11 Å². The van der Waals surface area contributed by atoms with Gasteiger partial charge in [0.1, 0.15) is 5.75 Å². The van der Waals surface area contributed by atoms with Gasteiger partial charge in [-0.2, -0.15) is 0 Å². The largest absolute Gasteiger partial charge is 0.497 e. The molecular weight excluding hydrogens is 360 g/mol. The van der Waals surface area contributed by atoms with E-state index >= 15 is 0 Å². The Hall–Kier alpha value is -1.26. The van der Waals surface area contributed by atoms with E-state index in [1.807, 2.05) is 6.07 Å². The van der Waals surface area contributed by atoms with Gasteiger partial charge in [-0.05, 0) is 68.3 Å². The molecule has 0 radical (unpaired) electrons. The SMILES string of the molecule is COc1cccc(C2(CNC(=O)CC(C)C3CCNCC3)CCCC2)c1.Cl. The molecule has 1 atom stereocenters. The second-order valence-electron chi connectivity index (χ2n) is 8.26. The van der Waals surface area contributed by atoms with Crippen LogP contribution in [0, 0.1) is 11.8 Å². The zero-order chi connectivity index (χ0) is 18.4. The molecule has 1 aliphatic carbocycles. The summed E-state index contributed by atoms with van der Waals surface area (Å²) in [5, 5.41) is 6.68. The first-order valence-corrected chi connectivity index (χ1v) is 10.2. The molecule has 1 unspecified atom stereocenters. The van der Waals surface area contributed by atoms with Gasteiger partial charge in [-0.3, -0.25) is 4.79 Å². The number of benzene rings is 1. The van der Waals surface area contributed by atoms with Gasteiger partial charge in [-0.25, -0.2) is 0 Å². The number of methoxy groups -OCH3 is 1. The van der Waals surface area contributed by atoms with Crippen molar-refractivity contribution in [3.05, 3.63) is 29.8 Å². The Balaban J connectivity index is 0.00000261. The van der Waals surface area contributed by atoms with Crippen molar-refractivity contribution in [2.24, 2.45) is 11.8 Å². The number of halogens is 1. The zero-order valence-corrected chi connectivity index (χ0v) is 17.6. The number of amides is 1. The predicted octanol–water partition coefficient (Wildman–Crippen LogP) is 4.07. The maximum Gasteiger partial charge on any atom is 0.220 e. The Labute approximate surface area is 170 Å². The zero-order valence-electron chi connectivity index (χ0n) is 16.8. The Morgan fingerprint density at radius 3 is 2.67 bits per heavy atom. The molecule has 0 bridgehead atoms. The van der Waals surface area contributed by atoms with E-state index in [4.69, 9.17) is 4.74 Å². The highest BCUT2D eigenvalue weighted by atomic mass is 35.5. The second-order valence-corrected chi connectivity index (χ2v) is 8.26. The predicted molar refractivity (Wildman–Crippen MR) is 113 cm³/mol. The Morgan fingerprint density at radius 2 is 2.00 bits per heavy atom. The Kier molecular flexibility index (Phi) is 8.43. The van der Waals surface area contributed by atoms with Crippen molar-refractivity contribution in [2.75, 3.05) is 26.7 Å². The van der Waals surface area contributed by atoms with Gasteiger partial charge in [0.2, 0.25) is 5.91 Å². The third kappa shape index (κ3) is 5.61. The summed E-state index contributed by atoms with van der Waals surface area (Å²) in [6, 6.07) is 8.40. The monoisotopic (exact) mass is 394 g/mol. The summed E-state index contributed by atoms with van der Waals surface area (Å²) in [6.45, 7) is 5.17. The minimum atomic E-state index is 0. The number of carbonyl (C=O) groups excluding carboxylic acids is 1. The molecule has 27 heavy (non-hydrogen) atoms. The van der Waals surface area contributed by atoms with E-state index in [9.17, 15) is 4.79 Å². The molecular formula is C22H35ClN2O2. The fourth-order valence-electron chi connectivity index (χ4n) is 4.78. The minimum Gasteiger partial charge on any atom is -0.497 e. The lowest BCUT2D eigenvalue weighted by molar-refractivity contribution is -0.122. The summed E-state index contributed by atoms with van der Waals surface area (Å²) in [4.78, 5) is 12.6. The molecule has 1 saturated heterocycles. The normalized spacial score (nSPS) is 20.5. The third-order valence-corrected chi connectivity index (χ3v) is 6.56. The average Bonchev–Trinajstić information content (AvgIpc) is 3.17. The molecule has 2 aliphatic rings. The minimum absolute atomic E-state index is 0. The Morgan fingerprint density at radius 1 is 1.30 bits per heavy atom. The smallest absolute Gasteiger partial charge is 0.220 e. The molecule has 1 saturated carbocycles. The fourth-order valence-corrected chi connectivity index (χ4v) is 4.78. The summed E-state index contributed by atoms with van der Waals surface area (Å²) in [7, 11) is 1.71. The first kappa shape index (κ1) is 22.0. The lowest BCUT2D eigenvalue weighted by atomic mass is 9.78. The first-order valence-electron chi connectivity index (χ1n) is 10.2. The standard InChI is InChI=1S/C22H34N2O2.ClH/c1-17(18-8-12-23-13-9-18)14-21(25)24-16-22(10-3-4-11-22)19-6-5-7-20(15-19)26-2;/h5-7,15,17-18,23H,3-4,8-14,16H2,1-2H3,(H,24,25);1H. The van der Waals surface area contributed by atoms with Crippen molar-refractivity contribution >= 4 is 18.3 Å². The second kappa shape index (κ2) is 10.3.